The van der Waals surface area contributed by atoms with Crippen molar-refractivity contribution in [3.8, 4) is 0 Å². The number of carbonyl (C=O) groups is 1. The molecule has 4 heteroatoms. The molecule has 3 N–H and O–H groups in total. The van der Waals surface area contributed by atoms with E-state index in [0.29, 0.717) is 19.1 Å². The van der Waals surface area contributed by atoms with Gasteiger partial charge in [0.1, 0.15) is 5.60 Å². The highest BCUT2D eigenvalue weighted by atomic mass is 16.5. The van der Waals surface area contributed by atoms with Crippen LogP contribution >= 0.6 is 0 Å². The summed E-state index contributed by atoms with van der Waals surface area (Å²) in [5.41, 5.74) is 5.28. The van der Waals surface area contributed by atoms with Crippen LogP contribution in [0.5, 0.6) is 0 Å². The largest absolute Gasteiger partial charge is 0.365 e. The van der Waals surface area contributed by atoms with Crippen molar-refractivity contribution in [2.24, 2.45) is 11.7 Å². The molecule has 2 unspecified atom stereocenters. The van der Waals surface area contributed by atoms with Crippen LogP contribution in [-0.4, -0.2) is 30.7 Å². The van der Waals surface area contributed by atoms with E-state index in [1.165, 1.54) is 0 Å². The van der Waals surface area contributed by atoms with Crippen LogP contribution in [0.25, 0.3) is 0 Å². The van der Waals surface area contributed by atoms with Crippen LogP contribution in [0.3, 0.4) is 0 Å². The molecule has 94 valence electrons. The van der Waals surface area contributed by atoms with Gasteiger partial charge < -0.3 is 15.8 Å². The lowest BCUT2D eigenvalue weighted by molar-refractivity contribution is -0.139. The predicted molar refractivity (Wildman–Crippen MR) is 64.0 cm³/mol. The van der Waals surface area contributed by atoms with E-state index < -0.39 is 5.60 Å². The number of amides is 1. The van der Waals surface area contributed by atoms with Gasteiger partial charge in [-0.1, -0.05) is 13.8 Å². The molecule has 2 atom stereocenters. The second-order valence-electron chi connectivity index (χ2n) is 5.28. The minimum Gasteiger partial charge on any atom is -0.365 e. The van der Waals surface area contributed by atoms with Crippen molar-refractivity contribution in [2.75, 3.05) is 13.2 Å². The molecule has 1 saturated heterocycles. The van der Waals surface area contributed by atoms with Gasteiger partial charge in [0.15, 0.2) is 0 Å². The van der Waals surface area contributed by atoms with Crippen molar-refractivity contribution in [1.82, 2.24) is 5.32 Å². The summed E-state index contributed by atoms with van der Waals surface area (Å²) in [6.45, 7) is 7.33. The number of nitrogens with one attached hydrogen (secondary N) is 1. The molecule has 4 nitrogen and oxygen atoms in total. The third kappa shape index (κ3) is 3.76. The summed E-state index contributed by atoms with van der Waals surface area (Å²) in [5.74, 6) is 0.537. The third-order valence-corrected chi connectivity index (χ3v) is 3.00. The lowest BCUT2D eigenvalue weighted by Crippen LogP contribution is -2.48. The second kappa shape index (κ2) is 5.64. The number of hydrogen-bond donors (Lipinski definition) is 2. The summed E-state index contributed by atoms with van der Waals surface area (Å²) >= 11 is 0. The molecule has 0 radical (unpaired) electrons. The first-order chi connectivity index (χ1) is 7.44. The number of rotatable bonds is 5. The van der Waals surface area contributed by atoms with Gasteiger partial charge in [-0.25, -0.2) is 0 Å². The number of ether oxygens (including phenoxy) is 1. The predicted octanol–water partition coefficient (Wildman–Crippen LogP) is 1.05. The Bertz CT molecular complexity index is 235. The van der Waals surface area contributed by atoms with Gasteiger partial charge in [0.2, 0.25) is 0 Å². The van der Waals surface area contributed by atoms with Gasteiger partial charge in [0.25, 0.3) is 5.91 Å². The van der Waals surface area contributed by atoms with Crippen LogP contribution in [0.1, 0.15) is 40.0 Å². The molecule has 1 fully saturated rings. The highest BCUT2D eigenvalue weighted by Gasteiger charge is 2.37. The molecule has 0 aromatic carbocycles. The smallest absolute Gasteiger partial charge is 0.252 e. The van der Waals surface area contributed by atoms with E-state index in [9.17, 15) is 4.79 Å². The van der Waals surface area contributed by atoms with Gasteiger partial charge in [-0.05, 0) is 32.1 Å². The standard InChI is InChI=1S/C12H24N2O2/c1-9(2)7-10(13)8-14-11(15)12(3)5-4-6-16-12/h9-10H,4-8,13H2,1-3H3,(H,14,15). The molecule has 0 aliphatic carbocycles. The van der Waals surface area contributed by atoms with Crippen molar-refractivity contribution in [2.45, 2.75) is 51.7 Å². The van der Waals surface area contributed by atoms with Gasteiger partial charge in [-0.2, -0.15) is 0 Å². The third-order valence-electron chi connectivity index (χ3n) is 3.00. The lowest BCUT2D eigenvalue weighted by atomic mass is 10.0. The Kier molecular flexibility index (Phi) is 4.74. The van der Waals surface area contributed by atoms with E-state index in [1.807, 2.05) is 6.92 Å². The summed E-state index contributed by atoms with van der Waals surface area (Å²) in [6, 6.07) is 0.0361. The average molecular weight is 228 g/mol. The molecule has 0 bridgehead atoms. The quantitative estimate of drug-likeness (QED) is 0.739. The van der Waals surface area contributed by atoms with Crippen LogP contribution in [0.2, 0.25) is 0 Å². The minimum atomic E-state index is -0.627. The highest BCUT2D eigenvalue weighted by Crippen LogP contribution is 2.24. The number of hydrogen-bond acceptors (Lipinski definition) is 3. The Morgan fingerprint density at radius 2 is 2.25 bits per heavy atom. The maximum Gasteiger partial charge on any atom is 0.252 e. The molecule has 1 amide bonds. The molecule has 0 aromatic rings. The molecular weight excluding hydrogens is 204 g/mol. The second-order valence-corrected chi connectivity index (χ2v) is 5.28. The van der Waals surface area contributed by atoms with Crippen molar-refractivity contribution >= 4 is 5.91 Å². The average Bonchev–Trinajstić information content (AvgIpc) is 2.62. The normalized spacial score (nSPS) is 27.1. The highest BCUT2D eigenvalue weighted by molar-refractivity contribution is 5.85. The Labute approximate surface area is 97.9 Å². The topological polar surface area (TPSA) is 64.3 Å². The molecule has 1 rings (SSSR count). The van der Waals surface area contributed by atoms with E-state index in [0.717, 1.165) is 19.3 Å². The van der Waals surface area contributed by atoms with E-state index in [4.69, 9.17) is 10.5 Å². The van der Waals surface area contributed by atoms with Crippen molar-refractivity contribution in [3.05, 3.63) is 0 Å². The van der Waals surface area contributed by atoms with Crippen LogP contribution < -0.4 is 11.1 Å². The maximum atomic E-state index is 11.9. The molecule has 0 aromatic heterocycles. The Morgan fingerprint density at radius 1 is 1.56 bits per heavy atom. The van der Waals surface area contributed by atoms with Gasteiger partial charge in [-0.15, -0.1) is 0 Å². The molecule has 16 heavy (non-hydrogen) atoms. The van der Waals surface area contributed by atoms with Gasteiger partial charge >= 0.3 is 0 Å². The Balaban J connectivity index is 2.29. The first kappa shape index (κ1) is 13.5. The summed E-state index contributed by atoms with van der Waals surface area (Å²) in [7, 11) is 0. The zero-order valence-corrected chi connectivity index (χ0v) is 10.6. The Morgan fingerprint density at radius 3 is 2.75 bits per heavy atom. The summed E-state index contributed by atoms with van der Waals surface area (Å²) in [6.07, 6.45) is 2.69. The van der Waals surface area contributed by atoms with Crippen molar-refractivity contribution < 1.29 is 9.53 Å². The lowest BCUT2D eigenvalue weighted by Gasteiger charge is -2.23. The van der Waals surface area contributed by atoms with Crippen LogP contribution in [0, 0.1) is 5.92 Å². The molecule has 0 spiro atoms. The molecule has 0 saturated carbocycles. The van der Waals surface area contributed by atoms with Crippen molar-refractivity contribution in [3.63, 3.8) is 0 Å². The van der Waals surface area contributed by atoms with Crippen LogP contribution in [0.15, 0.2) is 0 Å². The zero-order chi connectivity index (χ0) is 12.2. The van der Waals surface area contributed by atoms with E-state index in [2.05, 4.69) is 19.2 Å². The van der Waals surface area contributed by atoms with E-state index >= 15 is 0 Å². The van der Waals surface area contributed by atoms with Gasteiger partial charge in [0.05, 0.1) is 0 Å². The molecule has 1 heterocycles. The molecule has 1 aliphatic rings. The molecule has 1 aliphatic heterocycles. The minimum absolute atomic E-state index is 0.0239. The van der Waals surface area contributed by atoms with Gasteiger partial charge in [0, 0.05) is 19.2 Å². The first-order valence-corrected chi connectivity index (χ1v) is 6.12. The van der Waals surface area contributed by atoms with Gasteiger partial charge in [-0.3, -0.25) is 4.79 Å². The summed E-state index contributed by atoms with van der Waals surface area (Å²) in [4.78, 5) is 11.9. The fourth-order valence-corrected chi connectivity index (χ4v) is 2.06. The van der Waals surface area contributed by atoms with E-state index in [-0.39, 0.29) is 11.9 Å². The maximum absolute atomic E-state index is 11.9. The van der Waals surface area contributed by atoms with Crippen molar-refractivity contribution in [1.29, 1.82) is 0 Å². The zero-order valence-electron chi connectivity index (χ0n) is 10.6. The fourth-order valence-electron chi connectivity index (χ4n) is 2.06. The number of nitrogens with two attached hydrogens (primary N) is 1. The van der Waals surface area contributed by atoms with Crippen LogP contribution in [0.4, 0.5) is 0 Å². The monoisotopic (exact) mass is 228 g/mol. The fraction of sp³-hybridized carbons (Fsp3) is 0.917. The van der Waals surface area contributed by atoms with E-state index in [1.54, 1.807) is 0 Å². The number of carbonyl (C=O) groups excluding carboxylic acids is 1. The summed E-state index contributed by atoms with van der Waals surface area (Å²) in [5, 5.41) is 2.88. The van der Waals surface area contributed by atoms with Crippen LogP contribution in [-0.2, 0) is 9.53 Å². The first-order valence-electron chi connectivity index (χ1n) is 6.12. The Hall–Kier alpha value is -0.610. The SMILES string of the molecule is CC(C)CC(N)CNC(=O)C1(C)CCCO1. The molecular formula is C12H24N2O2. The summed E-state index contributed by atoms with van der Waals surface area (Å²) < 4.78 is 5.46.